The molecule has 0 amide bonds. The van der Waals surface area contributed by atoms with Gasteiger partial charge >= 0.3 is 0 Å². The molecule has 16 heavy (non-hydrogen) atoms. The van der Waals surface area contributed by atoms with Crippen LogP contribution in [0.1, 0.15) is 20.8 Å². The first-order valence-electron chi connectivity index (χ1n) is 4.98. The van der Waals surface area contributed by atoms with Gasteiger partial charge in [0.15, 0.2) is 0 Å². The maximum absolute atomic E-state index is 10.8. The van der Waals surface area contributed by atoms with E-state index in [9.17, 15) is 10.1 Å². The molecular weight excluding hydrogens is 228 g/mol. The summed E-state index contributed by atoms with van der Waals surface area (Å²) in [4.78, 5) is 10.4. The number of nitrogens with zero attached hydrogens (tertiary/aromatic N) is 1. The van der Waals surface area contributed by atoms with Crippen molar-refractivity contribution < 1.29 is 4.92 Å². The Kier molecular flexibility index (Phi) is 3.75. The van der Waals surface area contributed by atoms with Gasteiger partial charge in [0, 0.05) is 12.6 Å². The minimum Gasteiger partial charge on any atom is -0.378 e. The molecule has 0 saturated heterocycles. The highest BCUT2D eigenvalue weighted by molar-refractivity contribution is 6.33. The second kappa shape index (κ2) is 4.70. The van der Waals surface area contributed by atoms with Gasteiger partial charge in [-0.2, -0.15) is 0 Å². The molecule has 0 aliphatic rings. The summed E-state index contributed by atoms with van der Waals surface area (Å²) in [6.45, 7) is 6.76. The number of rotatable bonds is 3. The van der Waals surface area contributed by atoms with Crippen LogP contribution in [0.4, 0.5) is 11.4 Å². The zero-order valence-corrected chi connectivity index (χ0v) is 10.3. The zero-order valence-electron chi connectivity index (χ0n) is 9.58. The van der Waals surface area contributed by atoms with Gasteiger partial charge in [0.05, 0.1) is 9.95 Å². The molecule has 88 valence electrons. The standard InChI is InChI=1S/C11H15ClN2O2/c1-11(2,3)7-13-10-8(12)5-4-6-9(10)14(15)16/h4-6,13H,7H2,1-3H3. The minimum absolute atomic E-state index is 0.0109. The van der Waals surface area contributed by atoms with Crippen molar-refractivity contribution in [3.8, 4) is 0 Å². The number of halogens is 1. The Balaban J connectivity index is 2.98. The van der Waals surface area contributed by atoms with Crippen LogP contribution in [0, 0.1) is 15.5 Å². The highest BCUT2D eigenvalue weighted by atomic mass is 35.5. The Labute approximate surface area is 99.8 Å². The molecule has 0 unspecified atom stereocenters. The van der Waals surface area contributed by atoms with E-state index in [1.54, 1.807) is 12.1 Å². The smallest absolute Gasteiger partial charge is 0.293 e. The molecule has 1 aromatic carbocycles. The van der Waals surface area contributed by atoms with Gasteiger partial charge in [0.1, 0.15) is 5.69 Å². The van der Waals surface area contributed by atoms with Gasteiger partial charge in [-0.25, -0.2) is 0 Å². The molecule has 1 N–H and O–H groups in total. The van der Waals surface area contributed by atoms with Gasteiger partial charge in [-0.1, -0.05) is 38.4 Å². The van der Waals surface area contributed by atoms with E-state index in [1.807, 2.05) is 20.8 Å². The third kappa shape index (κ3) is 3.38. The third-order valence-electron chi connectivity index (χ3n) is 1.98. The minimum atomic E-state index is -0.434. The average molecular weight is 243 g/mol. The largest absolute Gasteiger partial charge is 0.378 e. The molecule has 4 nitrogen and oxygen atoms in total. The number of para-hydroxylation sites is 1. The SMILES string of the molecule is CC(C)(C)CNc1c(Cl)cccc1[N+](=O)[O-]. The molecule has 1 rings (SSSR count). The predicted molar refractivity (Wildman–Crippen MR) is 66.1 cm³/mol. The molecule has 5 heteroatoms. The van der Waals surface area contributed by atoms with E-state index >= 15 is 0 Å². The van der Waals surface area contributed by atoms with Crippen molar-refractivity contribution in [2.24, 2.45) is 5.41 Å². The number of nitro groups is 1. The first-order valence-corrected chi connectivity index (χ1v) is 5.36. The normalized spacial score (nSPS) is 11.2. The summed E-state index contributed by atoms with van der Waals surface area (Å²) < 4.78 is 0. The summed E-state index contributed by atoms with van der Waals surface area (Å²) in [7, 11) is 0. The second-order valence-corrected chi connectivity index (χ2v) is 5.21. The van der Waals surface area contributed by atoms with Crippen LogP contribution < -0.4 is 5.32 Å². The molecule has 0 bridgehead atoms. The van der Waals surface area contributed by atoms with Gasteiger partial charge in [0.2, 0.25) is 0 Å². The van der Waals surface area contributed by atoms with E-state index in [1.165, 1.54) is 6.07 Å². The predicted octanol–water partition coefficient (Wildman–Crippen LogP) is 3.71. The monoisotopic (exact) mass is 242 g/mol. The van der Waals surface area contributed by atoms with Crippen LogP contribution >= 0.6 is 11.6 Å². The third-order valence-corrected chi connectivity index (χ3v) is 2.30. The Morgan fingerprint density at radius 3 is 2.56 bits per heavy atom. The van der Waals surface area contributed by atoms with E-state index in [2.05, 4.69) is 5.32 Å². The van der Waals surface area contributed by atoms with Crippen molar-refractivity contribution in [3.63, 3.8) is 0 Å². The van der Waals surface area contributed by atoms with Gasteiger partial charge in [0.25, 0.3) is 5.69 Å². The van der Waals surface area contributed by atoms with Crippen LogP contribution in [0.15, 0.2) is 18.2 Å². The molecule has 0 aliphatic heterocycles. The molecule has 0 saturated carbocycles. The highest BCUT2D eigenvalue weighted by Crippen LogP contribution is 2.32. The van der Waals surface area contributed by atoms with E-state index in [-0.39, 0.29) is 11.1 Å². The lowest BCUT2D eigenvalue weighted by atomic mass is 9.97. The number of hydrogen-bond acceptors (Lipinski definition) is 3. The van der Waals surface area contributed by atoms with Crippen molar-refractivity contribution >= 4 is 23.0 Å². The van der Waals surface area contributed by atoms with E-state index in [0.717, 1.165) is 0 Å². The van der Waals surface area contributed by atoms with Crippen molar-refractivity contribution in [3.05, 3.63) is 33.3 Å². The summed E-state index contributed by atoms with van der Waals surface area (Å²) in [5.74, 6) is 0. The molecule has 0 heterocycles. The molecule has 0 radical (unpaired) electrons. The number of hydrogen-bond donors (Lipinski definition) is 1. The van der Waals surface area contributed by atoms with Gasteiger partial charge in [-0.05, 0) is 11.5 Å². The summed E-state index contributed by atoms with van der Waals surface area (Å²) in [6, 6.07) is 4.65. The van der Waals surface area contributed by atoms with Gasteiger partial charge in [-0.3, -0.25) is 10.1 Å². The van der Waals surface area contributed by atoms with Crippen molar-refractivity contribution in [1.82, 2.24) is 0 Å². The van der Waals surface area contributed by atoms with E-state index < -0.39 is 4.92 Å². The van der Waals surface area contributed by atoms with E-state index in [0.29, 0.717) is 17.3 Å². The van der Waals surface area contributed by atoms with Crippen LogP contribution in [0.25, 0.3) is 0 Å². The first-order chi connectivity index (χ1) is 7.31. The fourth-order valence-corrected chi connectivity index (χ4v) is 1.43. The molecule has 0 atom stereocenters. The molecule has 0 aromatic heterocycles. The van der Waals surface area contributed by atoms with Crippen LogP contribution in [0.5, 0.6) is 0 Å². The average Bonchev–Trinajstić information content (AvgIpc) is 2.13. The quantitative estimate of drug-likeness (QED) is 0.649. The number of nitro benzene ring substituents is 1. The van der Waals surface area contributed by atoms with Crippen LogP contribution in [0.3, 0.4) is 0 Å². The van der Waals surface area contributed by atoms with E-state index in [4.69, 9.17) is 11.6 Å². The zero-order chi connectivity index (χ0) is 12.3. The number of benzene rings is 1. The van der Waals surface area contributed by atoms with Crippen molar-refractivity contribution in [2.45, 2.75) is 20.8 Å². The van der Waals surface area contributed by atoms with Crippen LogP contribution in [-0.2, 0) is 0 Å². The topological polar surface area (TPSA) is 55.2 Å². The van der Waals surface area contributed by atoms with Crippen molar-refractivity contribution in [2.75, 3.05) is 11.9 Å². The molecular formula is C11H15ClN2O2. The van der Waals surface area contributed by atoms with Gasteiger partial charge < -0.3 is 5.32 Å². The first kappa shape index (κ1) is 12.8. The highest BCUT2D eigenvalue weighted by Gasteiger charge is 2.18. The summed E-state index contributed by atoms with van der Waals surface area (Å²) in [5, 5.41) is 14.2. The van der Waals surface area contributed by atoms with Gasteiger partial charge in [-0.15, -0.1) is 0 Å². The Hall–Kier alpha value is -1.29. The Bertz CT molecular complexity index is 399. The maximum Gasteiger partial charge on any atom is 0.293 e. The number of nitrogens with one attached hydrogen (secondary N) is 1. The number of anilines is 1. The Morgan fingerprint density at radius 2 is 2.06 bits per heavy atom. The second-order valence-electron chi connectivity index (χ2n) is 4.81. The lowest BCUT2D eigenvalue weighted by Gasteiger charge is -2.20. The molecule has 0 aliphatic carbocycles. The van der Waals surface area contributed by atoms with Crippen LogP contribution in [-0.4, -0.2) is 11.5 Å². The molecule has 0 fully saturated rings. The fraction of sp³-hybridized carbons (Fsp3) is 0.455. The van der Waals surface area contributed by atoms with Crippen molar-refractivity contribution in [1.29, 1.82) is 0 Å². The molecule has 1 aromatic rings. The molecule has 0 spiro atoms. The summed E-state index contributed by atoms with van der Waals surface area (Å²) in [6.07, 6.45) is 0. The lowest BCUT2D eigenvalue weighted by Crippen LogP contribution is -2.19. The fourth-order valence-electron chi connectivity index (χ4n) is 1.19. The maximum atomic E-state index is 10.8. The van der Waals surface area contributed by atoms with Crippen LogP contribution in [0.2, 0.25) is 5.02 Å². The Morgan fingerprint density at radius 1 is 1.44 bits per heavy atom. The summed E-state index contributed by atoms with van der Waals surface area (Å²) >= 11 is 5.94. The summed E-state index contributed by atoms with van der Waals surface area (Å²) in [5.41, 5.74) is 0.438. The lowest BCUT2D eigenvalue weighted by molar-refractivity contribution is -0.383.